The second-order valence-electron chi connectivity index (χ2n) is 5.65. The Morgan fingerprint density at radius 1 is 1.27 bits per heavy atom. The molecule has 0 radical (unpaired) electrons. The molecule has 0 saturated carbocycles. The Bertz CT molecular complexity index is 909. The number of aromatic nitrogens is 2. The van der Waals surface area contributed by atoms with E-state index in [0.29, 0.717) is 21.8 Å². The molecule has 0 aliphatic carbocycles. The molecule has 26 heavy (non-hydrogen) atoms. The molecule has 0 bridgehead atoms. The van der Waals surface area contributed by atoms with E-state index in [2.05, 4.69) is 26.2 Å². The average Bonchev–Trinajstić information content (AvgIpc) is 3.05. The SMILES string of the molecule is Cc1nccn1-c1ccc(CNC(=O)COc2ccc(Cl)cc2Br)cc1. The molecule has 7 heteroatoms. The highest BCUT2D eigenvalue weighted by Crippen LogP contribution is 2.27. The van der Waals surface area contributed by atoms with Gasteiger partial charge in [0.2, 0.25) is 0 Å². The smallest absolute Gasteiger partial charge is 0.258 e. The molecule has 1 aromatic heterocycles. The second-order valence-corrected chi connectivity index (χ2v) is 6.94. The topological polar surface area (TPSA) is 56.2 Å². The van der Waals surface area contributed by atoms with Crippen LogP contribution in [0, 0.1) is 6.92 Å². The normalized spacial score (nSPS) is 10.6. The summed E-state index contributed by atoms with van der Waals surface area (Å²) >= 11 is 9.23. The van der Waals surface area contributed by atoms with Crippen molar-refractivity contribution in [3.05, 3.63) is 75.7 Å². The molecule has 2 aromatic carbocycles. The van der Waals surface area contributed by atoms with Gasteiger partial charge in [0.1, 0.15) is 11.6 Å². The van der Waals surface area contributed by atoms with E-state index in [1.807, 2.05) is 42.0 Å². The lowest BCUT2D eigenvalue weighted by atomic mass is 10.2. The Kier molecular flexibility index (Phi) is 5.96. The first-order chi connectivity index (χ1) is 12.5. The number of imidazole rings is 1. The number of aryl methyl sites for hydroxylation is 1. The summed E-state index contributed by atoms with van der Waals surface area (Å²) in [5.74, 6) is 1.31. The van der Waals surface area contributed by atoms with Crippen LogP contribution in [0.3, 0.4) is 0 Å². The van der Waals surface area contributed by atoms with Gasteiger partial charge in [0, 0.05) is 29.6 Å². The Morgan fingerprint density at radius 3 is 2.69 bits per heavy atom. The Hall–Kier alpha value is -2.31. The molecule has 0 unspecified atom stereocenters. The molecule has 0 saturated heterocycles. The van der Waals surface area contributed by atoms with Gasteiger partial charge in [0.05, 0.1) is 4.47 Å². The summed E-state index contributed by atoms with van der Waals surface area (Å²) in [4.78, 5) is 16.2. The zero-order valence-electron chi connectivity index (χ0n) is 14.1. The van der Waals surface area contributed by atoms with E-state index in [9.17, 15) is 4.79 Å². The molecule has 1 heterocycles. The van der Waals surface area contributed by atoms with E-state index in [1.165, 1.54) is 0 Å². The van der Waals surface area contributed by atoms with Crippen molar-refractivity contribution in [2.45, 2.75) is 13.5 Å². The molecular weight excluding hydrogens is 418 g/mol. The van der Waals surface area contributed by atoms with Gasteiger partial charge in [-0.2, -0.15) is 0 Å². The van der Waals surface area contributed by atoms with Crippen molar-refractivity contribution in [1.82, 2.24) is 14.9 Å². The molecule has 3 aromatic rings. The van der Waals surface area contributed by atoms with Crippen LogP contribution in [0.25, 0.3) is 5.69 Å². The minimum atomic E-state index is -0.193. The van der Waals surface area contributed by atoms with E-state index in [4.69, 9.17) is 16.3 Å². The number of hydrogen-bond donors (Lipinski definition) is 1. The summed E-state index contributed by atoms with van der Waals surface area (Å²) in [6.07, 6.45) is 3.68. The van der Waals surface area contributed by atoms with Gasteiger partial charge in [-0.3, -0.25) is 4.79 Å². The number of benzene rings is 2. The Morgan fingerprint density at radius 2 is 2.04 bits per heavy atom. The minimum Gasteiger partial charge on any atom is -0.483 e. The first-order valence-electron chi connectivity index (χ1n) is 7.97. The number of ether oxygens (including phenoxy) is 1. The molecule has 134 valence electrons. The molecule has 0 fully saturated rings. The first-order valence-corrected chi connectivity index (χ1v) is 9.14. The zero-order valence-corrected chi connectivity index (χ0v) is 16.4. The predicted octanol–water partition coefficient (Wildman–Crippen LogP) is 4.29. The third-order valence-corrected chi connectivity index (χ3v) is 4.64. The van der Waals surface area contributed by atoms with E-state index < -0.39 is 0 Å². The highest BCUT2D eigenvalue weighted by atomic mass is 79.9. The molecule has 0 atom stereocenters. The molecule has 3 rings (SSSR count). The minimum absolute atomic E-state index is 0.0629. The largest absolute Gasteiger partial charge is 0.483 e. The highest BCUT2D eigenvalue weighted by Gasteiger charge is 2.07. The predicted molar refractivity (Wildman–Crippen MR) is 105 cm³/mol. The zero-order chi connectivity index (χ0) is 18.5. The number of carbonyl (C=O) groups is 1. The molecule has 0 spiro atoms. The van der Waals surface area contributed by atoms with E-state index in [0.717, 1.165) is 17.1 Å². The monoisotopic (exact) mass is 433 g/mol. The quantitative estimate of drug-likeness (QED) is 0.629. The van der Waals surface area contributed by atoms with Crippen LogP contribution in [0.2, 0.25) is 5.02 Å². The lowest BCUT2D eigenvalue weighted by Crippen LogP contribution is -2.28. The van der Waals surface area contributed by atoms with Crippen molar-refractivity contribution >= 4 is 33.4 Å². The average molecular weight is 435 g/mol. The van der Waals surface area contributed by atoms with Crippen LogP contribution in [0.5, 0.6) is 5.75 Å². The van der Waals surface area contributed by atoms with Crippen molar-refractivity contribution in [2.75, 3.05) is 6.61 Å². The third kappa shape index (κ3) is 4.65. The molecule has 5 nitrogen and oxygen atoms in total. The highest BCUT2D eigenvalue weighted by molar-refractivity contribution is 9.10. The van der Waals surface area contributed by atoms with Gasteiger partial charge in [-0.25, -0.2) is 4.98 Å². The number of rotatable bonds is 6. The summed E-state index contributed by atoms with van der Waals surface area (Å²) < 4.78 is 8.21. The number of carbonyl (C=O) groups excluding carboxylic acids is 1. The van der Waals surface area contributed by atoms with Crippen LogP contribution in [0.4, 0.5) is 0 Å². The van der Waals surface area contributed by atoms with Gasteiger partial charge in [-0.1, -0.05) is 23.7 Å². The maximum atomic E-state index is 12.0. The van der Waals surface area contributed by atoms with Crippen molar-refractivity contribution in [3.63, 3.8) is 0 Å². The summed E-state index contributed by atoms with van der Waals surface area (Å²) in [6, 6.07) is 13.1. The molecule has 1 amide bonds. The van der Waals surface area contributed by atoms with Crippen LogP contribution >= 0.6 is 27.5 Å². The van der Waals surface area contributed by atoms with Gasteiger partial charge in [0.25, 0.3) is 5.91 Å². The number of halogens is 2. The van der Waals surface area contributed by atoms with Crippen molar-refractivity contribution in [3.8, 4) is 11.4 Å². The fraction of sp³-hybridized carbons (Fsp3) is 0.158. The lowest BCUT2D eigenvalue weighted by Gasteiger charge is -2.10. The van der Waals surface area contributed by atoms with Gasteiger partial charge in [-0.15, -0.1) is 0 Å². The fourth-order valence-corrected chi connectivity index (χ4v) is 3.21. The third-order valence-electron chi connectivity index (χ3n) is 3.78. The fourth-order valence-electron chi connectivity index (χ4n) is 2.41. The maximum absolute atomic E-state index is 12.0. The summed E-state index contributed by atoms with van der Waals surface area (Å²) in [5, 5.41) is 3.44. The van der Waals surface area contributed by atoms with Crippen molar-refractivity contribution in [2.24, 2.45) is 0 Å². The molecule has 0 aliphatic heterocycles. The van der Waals surface area contributed by atoms with Gasteiger partial charge >= 0.3 is 0 Å². The van der Waals surface area contributed by atoms with Crippen molar-refractivity contribution in [1.29, 1.82) is 0 Å². The van der Waals surface area contributed by atoms with E-state index in [1.54, 1.807) is 24.4 Å². The molecular formula is C19H17BrClN3O2. The number of amides is 1. The van der Waals surface area contributed by atoms with E-state index >= 15 is 0 Å². The van der Waals surface area contributed by atoms with Crippen LogP contribution in [-0.2, 0) is 11.3 Å². The van der Waals surface area contributed by atoms with Crippen molar-refractivity contribution < 1.29 is 9.53 Å². The van der Waals surface area contributed by atoms with Gasteiger partial charge < -0.3 is 14.6 Å². The number of hydrogen-bond acceptors (Lipinski definition) is 3. The maximum Gasteiger partial charge on any atom is 0.258 e. The van der Waals surface area contributed by atoms with Crippen LogP contribution in [-0.4, -0.2) is 22.1 Å². The second kappa shape index (κ2) is 8.38. The Balaban J connectivity index is 1.50. The summed E-state index contributed by atoms with van der Waals surface area (Å²) in [5.41, 5.74) is 2.04. The summed E-state index contributed by atoms with van der Waals surface area (Å²) in [7, 11) is 0. The first kappa shape index (κ1) is 18.5. The van der Waals surface area contributed by atoms with Gasteiger partial charge in [0.15, 0.2) is 6.61 Å². The molecule has 0 aliphatic rings. The van der Waals surface area contributed by atoms with E-state index in [-0.39, 0.29) is 12.5 Å². The van der Waals surface area contributed by atoms with Crippen LogP contribution in [0.1, 0.15) is 11.4 Å². The van der Waals surface area contributed by atoms with Crippen LogP contribution < -0.4 is 10.1 Å². The van der Waals surface area contributed by atoms with Gasteiger partial charge in [-0.05, 0) is 58.7 Å². The molecule has 1 N–H and O–H groups in total. The summed E-state index contributed by atoms with van der Waals surface area (Å²) in [6.45, 7) is 2.33. The number of nitrogens with zero attached hydrogens (tertiary/aromatic N) is 2. The number of nitrogens with one attached hydrogen (secondary N) is 1. The Labute approximate surface area is 165 Å². The van der Waals surface area contributed by atoms with Crippen LogP contribution in [0.15, 0.2) is 59.3 Å². The lowest BCUT2D eigenvalue weighted by molar-refractivity contribution is -0.123. The standard InChI is InChI=1S/C19H17BrClN3O2/c1-13-22-8-9-24(13)16-5-2-14(3-6-16)11-23-19(25)12-26-18-7-4-15(21)10-17(18)20/h2-10H,11-12H2,1H3,(H,23,25).